The molecule has 4 heteroatoms. The Morgan fingerprint density at radius 1 is 1.12 bits per heavy atom. The molecule has 1 aromatic carbocycles. The highest BCUT2D eigenvalue weighted by Crippen LogP contribution is 2.28. The first kappa shape index (κ1) is 10.9. The Balaban J connectivity index is 2.44. The van der Waals surface area contributed by atoms with Gasteiger partial charge < -0.3 is 4.90 Å². The molecule has 0 N–H and O–H groups in total. The van der Waals surface area contributed by atoms with Crippen molar-refractivity contribution in [3.05, 3.63) is 47.4 Å². The molecule has 0 bridgehead atoms. The van der Waals surface area contributed by atoms with Crippen LogP contribution in [0.4, 0.5) is 11.5 Å². The van der Waals surface area contributed by atoms with E-state index in [2.05, 4.69) is 23.0 Å². The van der Waals surface area contributed by atoms with Gasteiger partial charge in [-0.3, -0.25) is 0 Å². The summed E-state index contributed by atoms with van der Waals surface area (Å²) >= 11 is 6.01. The van der Waals surface area contributed by atoms with E-state index in [1.54, 1.807) is 12.4 Å². The van der Waals surface area contributed by atoms with E-state index in [1.807, 2.05) is 30.1 Å². The Kier molecular flexibility index (Phi) is 3.06. The van der Waals surface area contributed by atoms with Crippen LogP contribution in [0.25, 0.3) is 0 Å². The molecule has 0 spiro atoms. The molecule has 0 radical (unpaired) electrons. The van der Waals surface area contributed by atoms with Gasteiger partial charge in [0.2, 0.25) is 0 Å². The maximum atomic E-state index is 6.01. The second-order valence-corrected chi connectivity index (χ2v) is 3.87. The van der Waals surface area contributed by atoms with Crippen LogP contribution < -0.4 is 4.90 Å². The van der Waals surface area contributed by atoms with Crippen molar-refractivity contribution in [1.29, 1.82) is 0 Å². The predicted octanol–water partition coefficient (Wildman–Crippen LogP) is 3.21. The fraction of sp³-hybridized carbons (Fsp3) is 0.167. The van der Waals surface area contributed by atoms with Crippen LogP contribution in [0, 0.1) is 6.92 Å². The van der Waals surface area contributed by atoms with Gasteiger partial charge in [0.05, 0.1) is 0 Å². The van der Waals surface area contributed by atoms with E-state index in [1.165, 1.54) is 5.56 Å². The Morgan fingerprint density at radius 2 is 1.81 bits per heavy atom. The van der Waals surface area contributed by atoms with E-state index >= 15 is 0 Å². The topological polar surface area (TPSA) is 29.0 Å². The van der Waals surface area contributed by atoms with Crippen molar-refractivity contribution in [2.45, 2.75) is 6.92 Å². The van der Waals surface area contributed by atoms with Gasteiger partial charge in [-0.25, -0.2) is 9.97 Å². The SMILES string of the molecule is Cc1ccccc1N(C)c1nccnc1Cl. The smallest absolute Gasteiger partial charge is 0.172 e. The Hall–Kier alpha value is -1.61. The second kappa shape index (κ2) is 4.49. The van der Waals surface area contributed by atoms with Gasteiger partial charge in [-0.05, 0) is 18.6 Å². The van der Waals surface area contributed by atoms with Crippen molar-refractivity contribution in [1.82, 2.24) is 9.97 Å². The zero-order chi connectivity index (χ0) is 11.5. The van der Waals surface area contributed by atoms with Crippen molar-refractivity contribution >= 4 is 23.1 Å². The minimum atomic E-state index is 0.410. The lowest BCUT2D eigenvalue weighted by Crippen LogP contribution is -2.13. The van der Waals surface area contributed by atoms with Crippen LogP contribution in [0.5, 0.6) is 0 Å². The molecule has 2 aromatic rings. The van der Waals surface area contributed by atoms with Crippen molar-refractivity contribution < 1.29 is 0 Å². The Bertz CT molecular complexity index is 454. The minimum Gasteiger partial charge on any atom is -0.327 e. The third-order valence-corrected chi connectivity index (χ3v) is 2.70. The molecule has 0 aliphatic heterocycles. The fourth-order valence-corrected chi connectivity index (χ4v) is 1.82. The summed E-state index contributed by atoms with van der Waals surface area (Å²) in [7, 11) is 1.93. The van der Waals surface area contributed by atoms with Gasteiger partial charge in [0.25, 0.3) is 0 Å². The average molecular weight is 234 g/mol. The number of para-hydroxylation sites is 1. The highest BCUT2D eigenvalue weighted by atomic mass is 35.5. The molecule has 1 aromatic heterocycles. The maximum Gasteiger partial charge on any atom is 0.172 e. The quantitative estimate of drug-likeness (QED) is 0.798. The van der Waals surface area contributed by atoms with Crippen LogP contribution in [0.3, 0.4) is 0 Å². The lowest BCUT2D eigenvalue weighted by atomic mass is 10.2. The number of hydrogen-bond acceptors (Lipinski definition) is 3. The van der Waals surface area contributed by atoms with Crippen molar-refractivity contribution in [3.63, 3.8) is 0 Å². The van der Waals surface area contributed by atoms with Crippen molar-refractivity contribution in [3.8, 4) is 0 Å². The molecule has 0 atom stereocenters. The third-order valence-electron chi connectivity index (χ3n) is 2.43. The molecule has 0 fully saturated rings. The summed E-state index contributed by atoms with van der Waals surface area (Å²) in [4.78, 5) is 10.2. The van der Waals surface area contributed by atoms with Gasteiger partial charge in [-0.15, -0.1) is 0 Å². The largest absolute Gasteiger partial charge is 0.327 e. The number of halogens is 1. The molecular formula is C12H12ClN3. The standard InChI is InChI=1S/C12H12ClN3/c1-9-5-3-4-6-10(9)16(2)12-11(13)14-7-8-15-12/h3-8H,1-2H3. The summed E-state index contributed by atoms with van der Waals surface area (Å²) in [5.74, 6) is 0.665. The first-order valence-electron chi connectivity index (χ1n) is 4.96. The van der Waals surface area contributed by atoms with E-state index in [0.717, 1.165) is 5.69 Å². The molecule has 2 rings (SSSR count). The highest BCUT2D eigenvalue weighted by molar-refractivity contribution is 6.31. The van der Waals surface area contributed by atoms with E-state index in [0.29, 0.717) is 11.0 Å². The van der Waals surface area contributed by atoms with E-state index in [9.17, 15) is 0 Å². The number of nitrogens with zero attached hydrogens (tertiary/aromatic N) is 3. The molecule has 0 aliphatic carbocycles. The lowest BCUT2D eigenvalue weighted by molar-refractivity contribution is 1.08. The Morgan fingerprint density at radius 3 is 2.50 bits per heavy atom. The van der Waals surface area contributed by atoms with Crippen LogP contribution in [0.1, 0.15) is 5.56 Å². The molecule has 0 unspecified atom stereocenters. The van der Waals surface area contributed by atoms with Crippen molar-refractivity contribution in [2.24, 2.45) is 0 Å². The normalized spacial score (nSPS) is 10.2. The number of hydrogen-bond donors (Lipinski definition) is 0. The van der Waals surface area contributed by atoms with Crippen LogP contribution in [-0.2, 0) is 0 Å². The number of aromatic nitrogens is 2. The highest BCUT2D eigenvalue weighted by Gasteiger charge is 2.11. The van der Waals surface area contributed by atoms with Crippen LogP contribution in [0.2, 0.25) is 5.15 Å². The molecule has 0 aliphatic rings. The average Bonchev–Trinajstić information content (AvgIpc) is 2.29. The fourth-order valence-electron chi connectivity index (χ4n) is 1.59. The number of aryl methyl sites for hydroxylation is 1. The molecule has 0 saturated heterocycles. The molecular weight excluding hydrogens is 222 g/mol. The summed E-state index contributed by atoms with van der Waals surface area (Å²) in [6.07, 6.45) is 3.22. The number of rotatable bonds is 2. The summed E-state index contributed by atoms with van der Waals surface area (Å²) in [5.41, 5.74) is 2.25. The summed E-state index contributed by atoms with van der Waals surface area (Å²) < 4.78 is 0. The second-order valence-electron chi connectivity index (χ2n) is 3.52. The Labute approximate surface area is 99.7 Å². The number of benzene rings is 1. The van der Waals surface area contributed by atoms with Crippen LogP contribution in [0.15, 0.2) is 36.7 Å². The molecule has 1 heterocycles. The molecule has 0 amide bonds. The molecule has 0 saturated carbocycles. The zero-order valence-corrected chi connectivity index (χ0v) is 9.94. The van der Waals surface area contributed by atoms with Crippen LogP contribution in [-0.4, -0.2) is 17.0 Å². The predicted molar refractivity (Wildman–Crippen MR) is 66.3 cm³/mol. The van der Waals surface area contributed by atoms with Gasteiger partial charge >= 0.3 is 0 Å². The monoisotopic (exact) mass is 233 g/mol. The zero-order valence-electron chi connectivity index (χ0n) is 9.18. The van der Waals surface area contributed by atoms with Gasteiger partial charge in [0.1, 0.15) is 0 Å². The van der Waals surface area contributed by atoms with E-state index in [-0.39, 0.29) is 0 Å². The molecule has 3 nitrogen and oxygen atoms in total. The van der Waals surface area contributed by atoms with Gasteiger partial charge in [-0.2, -0.15) is 0 Å². The first-order chi connectivity index (χ1) is 7.70. The lowest BCUT2D eigenvalue weighted by Gasteiger charge is -2.20. The van der Waals surface area contributed by atoms with Gasteiger partial charge in [-0.1, -0.05) is 29.8 Å². The van der Waals surface area contributed by atoms with Crippen molar-refractivity contribution in [2.75, 3.05) is 11.9 Å². The molecule has 82 valence electrons. The van der Waals surface area contributed by atoms with Crippen LogP contribution >= 0.6 is 11.6 Å². The van der Waals surface area contributed by atoms with E-state index in [4.69, 9.17) is 11.6 Å². The third kappa shape index (κ3) is 1.99. The van der Waals surface area contributed by atoms with Gasteiger partial charge in [0, 0.05) is 25.1 Å². The molecule has 16 heavy (non-hydrogen) atoms. The summed E-state index contributed by atoms with van der Waals surface area (Å²) in [5, 5.41) is 0.410. The summed E-state index contributed by atoms with van der Waals surface area (Å²) in [6, 6.07) is 8.07. The summed E-state index contributed by atoms with van der Waals surface area (Å²) in [6.45, 7) is 2.05. The van der Waals surface area contributed by atoms with Gasteiger partial charge in [0.15, 0.2) is 11.0 Å². The minimum absolute atomic E-state index is 0.410. The first-order valence-corrected chi connectivity index (χ1v) is 5.34. The van der Waals surface area contributed by atoms with E-state index < -0.39 is 0 Å². The number of anilines is 2. The maximum absolute atomic E-state index is 6.01.